The average molecular weight is 133 g/mol. The third-order valence-electron chi connectivity index (χ3n) is 1.48. The van der Waals surface area contributed by atoms with Gasteiger partial charge in [0.15, 0.2) is 0 Å². The molecule has 1 rings (SSSR count). The highest BCUT2D eigenvalue weighted by Gasteiger charge is 2.22. The van der Waals surface area contributed by atoms with E-state index in [4.69, 9.17) is 10.8 Å². The number of nitrogens with two attached hydrogens (primary N) is 1. The lowest BCUT2D eigenvalue weighted by molar-refractivity contribution is 0.229. The molecule has 0 spiro atoms. The van der Waals surface area contributed by atoms with Crippen molar-refractivity contribution in [1.29, 1.82) is 0 Å². The first-order valence-corrected chi connectivity index (χ1v) is 3.94. The summed E-state index contributed by atoms with van der Waals surface area (Å²) in [5.41, 5.74) is 5.61. The van der Waals surface area contributed by atoms with Crippen molar-refractivity contribution in [2.45, 2.75) is 6.04 Å². The minimum Gasteiger partial charge on any atom is -0.396 e. The van der Waals surface area contributed by atoms with Crippen LogP contribution in [0.25, 0.3) is 0 Å². The smallest absolute Gasteiger partial charge is 0.0482 e. The van der Waals surface area contributed by atoms with Crippen molar-refractivity contribution < 1.29 is 5.11 Å². The molecule has 0 amide bonds. The molecule has 1 saturated heterocycles. The van der Waals surface area contributed by atoms with Gasteiger partial charge in [0.05, 0.1) is 0 Å². The van der Waals surface area contributed by atoms with Crippen LogP contribution >= 0.6 is 11.8 Å². The number of rotatable bonds is 1. The molecule has 0 aromatic carbocycles. The SMILES string of the molecule is N[C@@H]1CSC[C@H]1CO. The van der Waals surface area contributed by atoms with E-state index in [1.165, 1.54) is 0 Å². The van der Waals surface area contributed by atoms with Crippen LogP contribution in [-0.4, -0.2) is 29.3 Å². The van der Waals surface area contributed by atoms with E-state index < -0.39 is 0 Å². The van der Waals surface area contributed by atoms with Crippen LogP contribution in [0.5, 0.6) is 0 Å². The number of hydrogen-bond acceptors (Lipinski definition) is 3. The Morgan fingerprint density at radius 3 is 2.62 bits per heavy atom. The Hall–Kier alpha value is 0.270. The molecule has 0 aromatic heterocycles. The van der Waals surface area contributed by atoms with Crippen LogP contribution in [0.2, 0.25) is 0 Å². The van der Waals surface area contributed by atoms with Crippen LogP contribution < -0.4 is 5.73 Å². The summed E-state index contributed by atoms with van der Waals surface area (Å²) < 4.78 is 0. The third kappa shape index (κ3) is 1.16. The Balaban J connectivity index is 2.30. The topological polar surface area (TPSA) is 46.2 Å². The van der Waals surface area contributed by atoms with Gasteiger partial charge < -0.3 is 10.8 Å². The highest BCUT2D eigenvalue weighted by Crippen LogP contribution is 2.21. The molecule has 0 aromatic rings. The zero-order chi connectivity index (χ0) is 5.98. The van der Waals surface area contributed by atoms with E-state index >= 15 is 0 Å². The van der Waals surface area contributed by atoms with Gasteiger partial charge in [0.2, 0.25) is 0 Å². The van der Waals surface area contributed by atoms with E-state index in [1.807, 2.05) is 11.8 Å². The molecule has 1 aliphatic heterocycles. The standard InChI is InChI=1S/C5H11NOS/c6-5-3-8-2-4(5)1-7/h4-5,7H,1-3,6H2/t4-,5-/m1/s1. The zero-order valence-electron chi connectivity index (χ0n) is 4.71. The summed E-state index contributed by atoms with van der Waals surface area (Å²) >= 11 is 1.83. The molecule has 8 heavy (non-hydrogen) atoms. The summed E-state index contributed by atoms with van der Waals surface area (Å²) in [4.78, 5) is 0. The summed E-state index contributed by atoms with van der Waals surface area (Å²) in [5, 5.41) is 8.64. The maximum absolute atomic E-state index is 8.64. The van der Waals surface area contributed by atoms with E-state index in [1.54, 1.807) is 0 Å². The van der Waals surface area contributed by atoms with Crippen LogP contribution in [0.4, 0.5) is 0 Å². The van der Waals surface area contributed by atoms with Crippen LogP contribution in [-0.2, 0) is 0 Å². The molecule has 0 bridgehead atoms. The van der Waals surface area contributed by atoms with Crippen molar-refractivity contribution in [1.82, 2.24) is 0 Å². The maximum Gasteiger partial charge on any atom is 0.0482 e. The van der Waals surface area contributed by atoms with Crippen molar-refractivity contribution in [3.05, 3.63) is 0 Å². The molecular formula is C5H11NOS. The van der Waals surface area contributed by atoms with Gasteiger partial charge in [-0.3, -0.25) is 0 Å². The van der Waals surface area contributed by atoms with Gasteiger partial charge in [0, 0.05) is 24.3 Å². The Kier molecular flexibility index (Phi) is 2.16. The molecule has 2 nitrogen and oxygen atoms in total. The number of aliphatic hydroxyl groups is 1. The Morgan fingerprint density at radius 2 is 2.38 bits per heavy atom. The minimum absolute atomic E-state index is 0.241. The third-order valence-corrected chi connectivity index (χ3v) is 2.77. The molecule has 0 aliphatic carbocycles. The molecule has 48 valence electrons. The van der Waals surface area contributed by atoms with E-state index in [0.29, 0.717) is 5.92 Å². The number of aliphatic hydroxyl groups excluding tert-OH is 1. The second kappa shape index (κ2) is 2.71. The second-order valence-corrected chi connectivity index (χ2v) is 3.22. The van der Waals surface area contributed by atoms with E-state index in [2.05, 4.69) is 0 Å². The summed E-state index contributed by atoms with van der Waals surface area (Å²) in [7, 11) is 0. The second-order valence-electron chi connectivity index (χ2n) is 2.14. The van der Waals surface area contributed by atoms with Crippen molar-refractivity contribution in [2.24, 2.45) is 11.7 Å². The molecule has 1 heterocycles. The molecule has 3 heteroatoms. The first kappa shape index (κ1) is 6.39. The van der Waals surface area contributed by atoms with E-state index in [0.717, 1.165) is 11.5 Å². The molecule has 0 unspecified atom stereocenters. The molecule has 2 atom stereocenters. The Labute approximate surface area is 53.5 Å². The number of hydrogen-bond donors (Lipinski definition) is 2. The number of thioether (sulfide) groups is 1. The summed E-state index contributed by atoms with van der Waals surface area (Å²) in [6.45, 7) is 0.258. The summed E-state index contributed by atoms with van der Waals surface area (Å²) in [6, 6.07) is 0.241. The lowest BCUT2D eigenvalue weighted by Gasteiger charge is -2.08. The van der Waals surface area contributed by atoms with Crippen LogP contribution in [0.15, 0.2) is 0 Å². The highest BCUT2D eigenvalue weighted by molar-refractivity contribution is 7.99. The quantitative estimate of drug-likeness (QED) is 0.515. The van der Waals surface area contributed by atoms with Crippen molar-refractivity contribution in [3.63, 3.8) is 0 Å². The molecule has 1 aliphatic rings. The Morgan fingerprint density at radius 1 is 1.62 bits per heavy atom. The fourth-order valence-electron chi connectivity index (χ4n) is 0.803. The molecule has 0 saturated carbocycles. The first-order chi connectivity index (χ1) is 3.84. The predicted octanol–water partition coefficient (Wildman–Crippen LogP) is -0.331. The fraction of sp³-hybridized carbons (Fsp3) is 1.00. The monoisotopic (exact) mass is 133 g/mol. The van der Waals surface area contributed by atoms with Gasteiger partial charge in [-0.1, -0.05) is 0 Å². The van der Waals surface area contributed by atoms with Gasteiger partial charge in [0.25, 0.3) is 0 Å². The van der Waals surface area contributed by atoms with Gasteiger partial charge in [-0.25, -0.2) is 0 Å². The normalized spacial score (nSPS) is 38.2. The largest absolute Gasteiger partial charge is 0.396 e. The maximum atomic E-state index is 8.64. The van der Waals surface area contributed by atoms with Crippen LogP contribution in [0, 0.1) is 5.92 Å². The zero-order valence-corrected chi connectivity index (χ0v) is 5.53. The predicted molar refractivity (Wildman–Crippen MR) is 35.9 cm³/mol. The minimum atomic E-state index is 0.241. The van der Waals surface area contributed by atoms with Gasteiger partial charge in [0.1, 0.15) is 0 Å². The van der Waals surface area contributed by atoms with E-state index in [-0.39, 0.29) is 12.6 Å². The van der Waals surface area contributed by atoms with Crippen molar-refractivity contribution >= 4 is 11.8 Å². The summed E-state index contributed by atoms with van der Waals surface area (Å²) in [5.74, 6) is 2.42. The lowest BCUT2D eigenvalue weighted by atomic mass is 10.1. The average Bonchev–Trinajstić information content (AvgIpc) is 2.14. The van der Waals surface area contributed by atoms with Crippen LogP contribution in [0.3, 0.4) is 0 Å². The molecule has 3 N–H and O–H groups in total. The van der Waals surface area contributed by atoms with Gasteiger partial charge >= 0.3 is 0 Å². The van der Waals surface area contributed by atoms with Crippen molar-refractivity contribution in [3.8, 4) is 0 Å². The molecule has 0 radical (unpaired) electrons. The van der Waals surface area contributed by atoms with Gasteiger partial charge in [-0.2, -0.15) is 11.8 Å². The fourth-order valence-corrected chi connectivity index (χ4v) is 2.14. The van der Waals surface area contributed by atoms with Gasteiger partial charge in [-0.05, 0) is 5.75 Å². The lowest BCUT2D eigenvalue weighted by Crippen LogP contribution is -2.30. The first-order valence-electron chi connectivity index (χ1n) is 2.78. The Bertz CT molecular complexity index is 78.8. The van der Waals surface area contributed by atoms with Crippen molar-refractivity contribution in [2.75, 3.05) is 18.1 Å². The van der Waals surface area contributed by atoms with E-state index in [9.17, 15) is 0 Å². The summed E-state index contributed by atoms with van der Waals surface area (Å²) in [6.07, 6.45) is 0. The highest BCUT2D eigenvalue weighted by atomic mass is 32.2. The molecule has 1 fully saturated rings. The molecular weight excluding hydrogens is 122 g/mol. The van der Waals surface area contributed by atoms with Crippen LogP contribution in [0.1, 0.15) is 0 Å². The van der Waals surface area contributed by atoms with Gasteiger partial charge in [-0.15, -0.1) is 0 Å².